The van der Waals surface area contributed by atoms with Gasteiger partial charge in [-0.25, -0.2) is 0 Å². The molecule has 3 N–H and O–H groups in total. The van der Waals surface area contributed by atoms with E-state index in [2.05, 4.69) is 25.9 Å². The highest BCUT2D eigenvalue weighted by Gasteiger charge is 2.32. The predicted molar refractivity (Wildman–Crippen MR) is 85.2 cm³/mol. The van der Waals surface area contributed by atoms with Gasteiger partial charge in [-0.15, -0.1) is 0 Å². The lowest BCUT2D eigenvalue weighted by Gasteiger charge is -2.30. The third-order valence-electron chi connectivity index (χ3n) is 4.61. The Morgan fingerprint density at radius 3 is 2.57 bits per heavy atom. The van der Waals surface area contributed by atoms with Crippen LogP contribution in [0, 0.1) is 17.3 Å². The van der Waals surface area contributed by atoms with Crippen molar-refractivity contribution in [3.63, 3.8) is 0 Å². The highest BCUT2D eigenvalue weighted by Crippen LogP contribution is 2.34. The van der Waals surface area contributed by atoms with Crippen LogP contribution in [0.3, 0.4) is 0 Å². The summed E-state index contributed by atoms with van der Waals surface area (Å²) in [5, 5.41) is 11.9. The summed E-state index contributed by atoms with van der Waals surface area (Å²) in [5.41, 5.74) is 5.98. The van der Waals surface area contributed by atoms with Crippen LogP contribution >= 0.6 is 0 Å². The molecule has 1 amide bonds. The van der Waals surface area contributed by atoms with Gasteiger partial charge in [-0.2, -0.15) is 0 Å². The zero-order valence-electron chi connectivity index (χ0n) is 13.9. The number of amidine groups is 1. The van der Waals surface area contributed by atoms with Crippen LogP contribution < -0.4 is 5.73 Å². The monoisotopic (exact) mass is 297 g/mol. The van der Waals surface area contributed by atoms with E-state index in [1.165, 1.54) is 0 Å². The molecule has 0 aromatic carbocycles. The number of oxime groups is 1. The van der Waals surface area contributed by atoms with E-state index in [9.17, 15) is 4.79 Å². The minimum atomic E-state index is -0.480. The van der Waals surface area contributed by atoms with Crippen molar-refractivity contribution in [2.75, 3.05) is 13.1 Å². The molecule has 0 aromatic rings. The van der Waals surface area contributed by atoms with Gasteiger partial charge in [0.2, 0.25) is 5.91 Å². The molecule has 21 heavy (non-hydrogen) atoms. The van der Waals surface area contributed by atoms with Crippen LogP contribution in [0.1, 0.15) is 59.8 Å². The summed E-state index contributed by atoms with van der Waals surface area (Å²) in [6.45, 7) is 10.4. The molecule has 0 aromatic heterocycles. The Balaban J connectivity index is 2.74. The van der Waals surface area contributed by atoms with Crippen molar-refractivity contribution in [2.45, 2.75) is 59.8 Å². The number of nitrogens with zero attached hydrogens (tertiary/aromatic N) is 2. The number of nitrogens with two attached hydrogens (primary N) is 1. The van der Waals surface area contributed by atoms with E-state index in [0.717, 1.165) is 38.8 Å². The Labute approximate surface area is 128 Å². The molecule has 5 heteroatoms. The second-order valence-corrected chi connectivity index (χ2v) is 7.19. The second-order valence-electron chi connectivity index (χ2n) is 7.19. The minimum absolute atomic E-state index is 0.0155. The van der Waals surface area contributed by atoms with Gasteiger partial charge in [0.05, 0.1) is 5.92 Å². The summed E-state index contributed by atoms with van der Waals surface area (Å²) in [5.74, 6) is 0.218. The molecule has 1 aliphatic heterocycles. The fraction of sp³-hybridized carbons (Fsp3) is 0.875. The topological polar surface area (TPSA) is 78.9 Å². The van der Waals surface area contributed by atoms with Crippen molar-refractivity contribution in [3.8, 4) is 0 Å². The van der Waals surface area contributed by atoms with Gasteiger partial charge in [0.15, 0.2) is 5.84 Å². The van der Waals surface area contributed by atoms with Crippen molar-refractivity contribution in [3.05, 3.63) is 0 Å². The first-order valence-corrected chi connectivity index (χ1v) is 8.07. The molecule has 0 saturated carbocycles. The van der Waals surface area contributed by atoms with E-state index in [-0.39, 0.29) is 17.2 Å². The van der Waals surface area contributed by atoms with Crippen LogP contribution in [0.2, 0.25) is 0 Å². The average Bonchev–Trinajstić information content (AvgIpc) is 2.68. The van der Waals surface area contributed by atoms with Crippen LogP contribution in [-0.4, -0.2) is 34.9 Å². The first-order valence-electron chi connectivity index (χ1n) is 8.07. The SMILES string of the molecule is CCCC(C(=O)N1CCCC(C(C)(C)C)CC1)C(N)=NO. The summed E-state index contributed by atoms with van der Waals surface area (Å²) >= 11 is 0. The molecule has 0 spiro atoms. The van der Waals surface area contributed by atoms with E-state index in [0.29, 0.717) is 12.3 Å². The minimum Gasteiger partial charge on any atom is -0.409 e. The molecule has 0 aliphatic carbocycles. The molecule has 122 valence electrons. The van der Waals surface area contributed by atoms with Gasteiger partial charge >= 0.3 is 0 Å². The molecule has 1 fully saturated rings. The van der Waals surface area contributed by atoms with E-state index >= 15 is 0 Å². The lowest BCUT2D eigenvalue weighted by atomic mass is 9.77. The Hall–Kier alpha value is -1.26. The number of hydrogen-bond donors (Lipinski definition) is 2. The summed E-state index contributed by atoms with van der Waals surface area (Å²) in [6, 6.07) is 0. The molecule has 2 unspecified atom stereocenters. The van der Waals surface area contributed by atoms with Crippen molar-refractivity contribution in [1.29, 1.82) is 0 Å². The standard InChI is InChI=1S/C16H31N3O2/c1-5-7-13(14(17)18-21)15(20)19-10-6-8-12(9-11-19)16(2,3)4/h12-13,21H,5-11H2,1-4H3,(H2,17,18). The molecule has 1 saturated heterocycles. The van der Waals surface area contributed by atoms with Gasteiger partial charge in [-0.05, 0) is 37.0 Å². The molecule has 1 rings (SSSR count). The van der Waals surface area contributed by atoms with Crippen molar-refractivity contribution in [1.82, 2.24) is 4.90 Å². The van der Waals surface area contributed by atoms with E-state index in [1.54, 1.807) is 0 Å². The Morgan fingerprint density at radius 1 is 1.38 bits per heavy atom. The molecular formula is C16H31N3O2. The third-order valence-corrected chi connectivity index (χ3v) is 4.61. The number of hydrogen-bond acceptors (Lipinski definition) is 3. The van der Waals surface area contributed by atoms with Crippen LogP contribution in [0.5, 0.6) is 0 Å². The zero-order valence-corrected chi connectivity index (χ0v) is 13.9. The second kappa shape index (κ2) is 7.66. The molecule has 1 aliphatic rings. The molecule has 2 atom stereocenters. The first kappa shape index (κ1) is 17.8. The van der Waals surface area contributed by atoms with Gasteiger partial charge in [0.25, 0.3) is 0 Å². The molecule has 1 heterocycles. The highest BCUT2D eigenvalue weighted by molar-refractivity contribution is 6.02. The van der Waals surface area contributed by atoms with Gasteiger partial charge < -0.3 is 15.8 Å². The van der Waals surface area contributed by atoms with Gasteiger partial charge in [-0.1, -0.05) is 39.3 Å². The van der Waals surface area contributed by atoms with Crippen LogP contribution in [0.4, 0.5) is 0 Å². The number of rotatable bonds is 4. The molecule has 0 radical (unpaired) electrons. The summed E-state index contributed by atoms with van der Waals surface area (Å²) in [7, 11) is 0. The van der Waals surface area contributed by atoms with Crippen LogP contribution in [0.15, 0.2) is 5.16 Å². The maximum atomic E-state index is 12.7. The lowest BCUT2D eigenvalue weighted by Crippen LogP contribution is -2.42. The number of carbonyl (C=O) groups excluding carboxylic acids is 1. The van der Waals surface area contributed by atoms with Crippen molar-refractivity contribution < 1.29 is 10.0 Å². The van der Waals surface area contributed by atoms with Crippen LogP contribution in [-0.2, 0) is 4.79 Å². The molecule has 0 bridgehead atoms. The Bertz CT molecular complexity index is 374. The fourth-order valence-electron chi connectivity index (χ4n) is 3.16. The zero-order chi connectivity index (χ0) is 16.0. The fourth-order valence-corrected chi connectivity index (χ4v) is 3.16. The average molecular weight is 297 g/mol. The van der Waals surface area contributed by atoms with Crippen LogP contribution in [0.25, 0.3) is 0 Å². The molecule has 5 nitrogen and oxygen atoms in total. The number of amides is 1. The van der Waals surface area contributed by atoms with E-state index < -0.39 is 5.92 Å². The smallest absolute Gasteiger partial charge is 0.233 e. The summed E-state index contributed by atoms with van der Waals surface area (Å²) in [4.78, 5) is 14.6. The lowest BCUT2D eigenvalue weighted by molar-refractivity contribution is -0.133. The third kappa shape index (κ3) is 4.90. The van der Waals surface area contributed by atoms with Crippen molar-refractivity contribution in [2.24, 2.45) is 28.1 Å². The largest absolute Gasteiger partial charge is 0.409 e. The van der Waals surface area contributed by atoms with Crippen molar-refractivity contribution >= 4 is 11.7 Å². The number of carbonyl (C=O) groups is 1. The van der Waals surface area contributed by atoms with Gasteiger partial charge in [0, 0.05) is 13.1 Å². The maximum Gasteiger partial charge on any atom is 0.233 e. The Morgan fingerprint density at radius 2 is 2.05 bits per heavy atom. The first-order chi connectivity index (χ1) is 9.81. The maximum absolute atomic E-state index is 12.7. The Kier molecular flexibility index (Phi) is 6.49. The highest BCUT2D eigenvalue weighted by atomic mass is 16.4. The normalized spacial score (nSPS) is 22.8. The summed E-state index contributed by atoms with van der Waals surface area (Å²) in [6.07, 6.45) is 4.70. The quantitative estimate of drug-likeness (QED) is 0.362. The van der Waals surface area contributed by atoms with E-state index in [4.69, 9.17) is 10.9 Å². The number of likely N-dealkylation sites (tertiary alicyclic amines) is 1. The summed E-state index contributed by atoms with van der Waals surface area (Å²) < 4.78 is 0. The molecular weight excluding hydrogens is 266 g/mol. The van der Waals surface area contributed by atoms with E-state index in [1.807, 2.05) is 11.8 Å². The van der Waals surface area contributed by atoms with Gasteiger partial charge in [0.1, 0.15) is 0 Å². The van der Waals surface area contributed by atoms with Gasteiger partial charge in [-0.3, -0.25) is 4.79 Å². The predicted octanol–water partition coefficient (Wildman–Crippen LogP) is 2.82.